The van der Waals surface area contributed by atoms with Gasteiger partial charge in [-0.15, -0.1) is 0 Å². The van der Waals surface area contributed by atoms with Gasteiger partial charge in [-0.2, -0.15) is 11.8 Å². The minimum atomic E-state index is 0.183. The van der Waals surface area contributed by atoms with Gasteiger partial charge in [0.15, 0.2) is 0 Å². The maximum absolute atomic E-state index is 11.2. The van der Waals surface area contributed by atoms with Gasteiger partial charge in [-0.1, -0.05) is 0 Å². The molecule has 84 valence electrons. The summed E-state index contributed by atoms with van der Waals surface area (Å²) in [6.07, 6.45) is 6.89. The molecule has 0 fully saturated rings. The van der Waals surface area contributed by atoms with E-state index in [0.29, 0.717) is 13.0 Å². The highest BCUT2D eigenvalue weighted by atomic mass is 32.2. The lowest BCUT2D eigenvalue weighted by molar-refractivity contribution is -0.121. The molecule has 0 aliphatic heterocycles. The van der Waals surface area contributed by atoms with Crippen molar-refractivity contribution < 1.29 is 4.79 Å². The van der Waals surface area contributed by atoms with Gasteiger partial charge in [0.2, 0.25) is 5.91 Å². The van der Waals surface area contributed by atoms with Crippen LogP contribution >= 0.6 is 11.8 Å². The van der Waals surface area contributed by atoms with Gasteiger partial charge in [0.25, 0.3) is 0 Å². The summed E-state index contributed by atoms with van der Waals surface area (Å²) in [7, 11) is 0. The van der Waals surface area contributed by atoms with E-state index in [1.165, 1.54) is 0 Å². The van der Waals surface area contributed by atoms with Crippen LogP contribution in [0.15, 0.2) is 0 Å². The molecule has 0 saturated carbocycles. The molecular weight excluding hydrogens is 196 g/mol. The zero-order valence-electron chi connectivity index (χ0n) is 9.05. The van der Waals surface area contributed by atoms with E-state index >= 15 is 0 Å². The average molecular weight is 218 g/mol. The van der Waals surface area contributed by atoms with E-state index in [2.05, 4.69) is 11.6 Å². The van der Waals surface area contributed by atoms with E-state index < -0.39 is 0 Å². The molecule has 3 N–H and O–H groups in total. The maximum atomic E-state index is 11.2. The number of hydrogen-bond acceptors (Lipinski definition) is 3. The fraction of sp³-hybridized carbons (Fsp3) is 0.900. The summed E-state index contributed by atoms with van der Waals surface area (Å²) in [5.74, 6) is 1.34. The number of rotatable bonds is 9. The van der Waals surface area contributed by atoms with Crippen molar-refractivity contribution in [3.05, 3.63) is 0 Å². The molecule has 0 saturated heterocycles. The lowest BCUT2D eigenvalue weighted by atomic mass is 10.2. The quantitative estimate of drug-likeness (QED) is 0.575. The van der Waals surface area contributed by atoms with Crippen LogP contribution in [-0.2, 0) is 4.79 Å². The molecule has 0 unspecified atom stereocenters. The predicted molar refractivity (Wildman–Crippen MR) is 63.5 cm³/mol. The molecule has 1 amide bonds. The second-order valence-corrected chi connectivity index (χ2v) is 4.28. The number of hydrogen-bond donors (Lipinski definition) is 2. The SMILES string of the molecule is CSCCCCC(=O)NCCCCN. The third-order valence-electron chi connectivity index (χ3n) is 1.96. The number of carbonyl (C=O) groups is 1. The number of nitrogens with one attached hydrogen (secondary N) is 1. The average Bonchev–Trinajstić information content (AvgIpc) is 2.19. The topological polar surface area (TPSA) is 55.1 Å². The Morgan fingerprint density at radius 3 is 2.71 bits per heavy atom. The molecule has 0 rings (SSSR count). The third-order valence-corrected chi connectivity index (χ3v) is 2.65. The highest BCUT2D eigenvalue weighted by molar-refractivity contribution is 7.98. The van der Waals surface area contributed by atoms with Crippen LogP contribution in [0.25, 0.3) is 0 Å². The third kappa shape index (κ3) is 9.86. The smallest absolute Gasteiger partial charge is 0.219 e. The Morgan fingerprint density at radius 2 is 2.07 bits per heavy atom. The van der Waals surface area contributed by atoms with Crippen molar-refractivity contribution in [3.8, 4) is 0 Å². The van der Waals surface area contributed by atoms with Crippen molar-refractivity contribution in [3.63, 3.8) is 0 Å². The van der Waals surface area contributed by atoms with Crippen LogP contribution in [0.5, 0.6) is 0 Å². The Hall–Kier alpha value is -0.220. The van der Waals surface area contributed by atoms with Crippen LogP contribution in [0.4, 0.5) is 0 Å². The summed E-state index contributed by atoms with van der Waals surface area (Å²) in [6.45, 7) is 1.49. The second-order valence-electron chi connectivity index (χ2n) is 3.30. The van der Waals surface area contributed by atoms with Crippen LogP contribution in [-0.4, -0.2) is 31.0 Å². The van der Waals surface area contributed by atoms with Crippen LogP contribution in [0.2, 0.25) is 0 Å². The largest absolute Gasteiger partial charge is 0.356 e. The highest BCUT2D eigenvalue weighted by Gasteiger charge is 1.99. The molecule has 0 radical (unpaired) electrons. The molecule has 0 aliphatic carbocycles. The van der Waals surface area contributed by atoms with Crippen LogP contribution in [0.1, 0.15) is 32.1 Å². The fourth-order valence-electron chi connectivity index (χ4n) is 1.12. The van der Waals surface area contributed by atoms with Gasteiger partial charge in [-0.25, -0.2) is 0 Å². The van der Waals surface area contributed by atoms with Gasteiger partial charge in [0.05, 0.1) is 0 Å². The maximum Gasteiger partial charge on any atom is 0.219 e. The minimum absolute atomic E-state index is 0.183. The number of unbranched alkanes of at least 4 members (excludes halogenated alkanes) is 2. The predicted octanol–water partition coefficient (Wildman–Crippen LogP) is 1.37. The highest BCUT2D eigenvalue weighted by Crippen LogP contribution is 2.01. The number of carbonyl (C=O) groups excluding carboxylic acids is 1. The van der Waals surface area contributed by atoms with Crippen molar-refractivity contribution in [1.29, 1.82) is 0 Å². The normalized spacial score (nSPS) is 10.1. The first-order valence-corrected chi connectivity index (χ1v) is 6.66. The summed E-state index contributed by atoms with van der Waals surface area (Å²) in [4.78, 5) is 11.2. The molecule has 0 bridgehead atoms. The van der Waals surface area contributed by atoms with E-state index in [9.17, 15) is 4.79 Å². The summed E-state index contributed by atoms with van der Waals surface area (Å²) in [5.41, 5.74) is 5.34. The first-order valence-electron chi connectivity index (χ1n) is 5.27. The standard InChI is InChI=1S/C10H22N2OS/c1-14-9-5-2-6-10(13)12-8-4-3-7-11/h2-9,11H2,1H3,(H,12,13). The molecule has 14 heavy (non-hydrogen) atoms. The Morgan fingerprint density at radius 1 is 1.29 bits per heavy atom. The lowest BCUT2D eigenvalue weighted by Crippen LogP contribution is -2.24. The minimum Gasteiger partial charge on any atom is -0.356 e. The van der Waals surface area contributed by atoms with E-state index in [-0.39, 0.29) is 5.91 Å². The zero-order chi connectivity index (χ0) is 10.6. The van der Waals surface area contributed by atoms with Gasteiger partial charge in [-0.05, 0) is 44.2 Å². The summed E-state index contributed by atoms with van der Waals surface area (Å²) in [6, 6.07) is 0. The lowest BCUT2D eigenvalue weighted by Gasteiger charge is -2.03. The Balaban J connectivity index is 3.11. The van der Waals surface area contributed by atoms with Crippen molar-refractivity contribution in [1.82, 2.24) is 5.32 Å². The fourth-order valence-corrected chi connectivity index (χ4v) is 1.61. The first-order chi connectivity index (χ1) is 6.81. The van der Waals surface area contributed by atoms with Crippen molar-refractivity contribution >= 4 is 17.7 Å². The Labute approximate surface area is 91.2 Å². The number of amides is 1. The molecule has 0 spiro atoms. The van der Waals surface area contributed by atoms with Gasteiger partial charge in [0.1, 0.15) is 0 Å². The van der Waals surface area contributed by atoms with E-state index in [1.807, 2.05) is 11.8 Å². The monoisotopic (exact) mass is 218 g/mol. The van der Waals surface area contributed by atoms with E-state index in [1.54, 1.807) is 0 Å². The summed E-state index contributed by atoms with van der Waals surface area (Å²) >= 11 is 1.83. The number of thioether (sulfide) groups is 1. The van der Waals surface area contributed by atoms with Crippen LogP contribution in [0, 0.1) is 0 Å². The molecule has 3 nitrogen and oxygen atoms in total. The molecule has 0 atom stereocenters. The van der Waals surface area contributed by atoms with Crippen LogP contribution in [0.3, 0.4) is 0 Å². The van der Waals surface area contributed by atoms with Crippen molar-refractivity contribution in [2.24, 2.45) is 5.73 Å². The first kappa shape index (κ1) is 13.8. The number of nitrogens with two attached hydrogens (primary N) is 1. The zero-order valence-corrected chi connectivity index (χ0v) is 9.87. The van der Waals surface area contributed by atoms with Gasteiger partial charge in [-0.3, -0.25) is 4.79 Å². The van der Waals surface area contributed by atoms with Crippen molar-refractivity contribution in [2.45, 2.75) is 32.1 Å². The summed E-state index contributed by atoms with van der Waals surface area (Å²) < 4.78 is 0. The molecule has 0 heterocycles. The van der Waals surface area contributed by atoms with Gasteiger partial charge in [0, 0.05) is 13.0 Å². The molecule has 0 aromatic rings. The second kappa shape index (κ2) is 10.9. The molecule has 0 aromatic carbocycles. The van der Waals surface area contributed by atoms with Crippen molar-refractivity contribution in [2.75, 3.05) is 25.1 Å². The van der Waals surface area contributed by atoms with Crippen LogP contribution < -0.4 is 11.1 Å². The molecule has 0 aromatic heterocycles. The molecule has 0 aliphatic rings. The summed E-state index contributed by atoms with van der Waals surface area (Å²) in [5, 5.41) is 2.89. The Kier molecular flexibility index (Phi) is 10.7. The van der Waals surface area contributed by atoms with E-state index in [0.717, 1.165) is 38.0 Å². The van der Waals surface area contributed by atoms with Gasteiger partial charge < -0.3 is 11.1 Å². The Bertz CT molecular complexity index is 128. The van der Waals surface area contributed by atoms with E-state index in [4.69, 9.17) is 5.73 Å². The van der Waals surface area contributed by atoms with Gasteiger partial charge >= 0.3 is 0 Å². The molecular formula is C10H22N2OS. The molecule has 4 heteroatoms.